The molecule has 7 nitrogen and oxygen atoms in total. The molecule has 0 amide bonds. The van der Waals surface area contributed by atoms with E-state index in [0.29, 0.717) is 24.5 Å². The minimum Gasteiger partial charge on any atom is -0.493 e. The van der Waals surface area contributed by atoms with E-state index < -0.39 is 0 Å². The summed E-state index contributed by atoms with van der Waals surface area (Å²) in [5, 5.41) is 11.3. The zero-order valence-electron chi connectivity index (χ0n) is 21.7. The third-order valence-corrected chi connectivity index (χ3v) is 7.28. The molecule has 0 aromatic heterocycles. The Morgan fingerprint density at radius 2 is 1.61 bits per heavy atom. The minimum atomic E-state index is -0.381. The van der Waals surface area contributed by atoms with Gasteiger partial charge in [0.15, 0.2) is 0 Å². The van der Waals surface area contributed by atoms with Crippen molar-refractivity contribution in [3.63, 3.8) is 0 Å². The summed E-state index contributed by atoms with van der Waals surface area (Å²) in [4.78, 5) is 15.8. The first-order chi connectivity index (χ1) is 18.5. The molecule has 0 atom stereocenters. The maximum absolute atomic E-state index is 11.3. The molecule has 4 rings (SSSR count). The largest absolute Gasteiger partial charge is 0.493 e. The number of hydrogen-bond acceptors (Lipinski definition) is 6. The van der Waals surface area contributed by atoms with E-state index in [9.17, 15) is 10.1 Å². The van der Waals surface area contributed by atoms with E-state index in [2.05, 4.69) is 44.8 Å². The summed E-state index contributed by atoms with van der Waals surface area (Å²) < 4.78 is 12.9. The first-order valence-electron chi connectivity index (χ1n) is 13.0. The van der Waals surface area contributed by atoms with Crippen molar-refractivity contribution < 1.29 is 14.4 Å². The van der Waals surface area contributed by atoms with Gasteiger partial charge in [0.25, 0.3) is 5.69 Å². The fourth-order valence-corrected chi connectivity index (χ4v) is 4.82. The first-order valence-corrected chi connectivity index (χ1v) is 13.8. The van der Waals surface area contributed by atoms with Gasteiger partial charge in [-0.2, -0.15) is 0 Å². The molecule has 0 radical (unpaired) electrons. The average molecular weight is 581 g/mol. The van der Waals surface area contributed by atoms with Crippen molar-refractivity contribution in [2.24, 2.45) is 0 Å². The molecule has 38 heavy (non-hydrogen) atoms. The van der Waals surface area contributed by atoms with Crippen LogP contribution in [0.2, 0.25) is 0 Å². The average Bonchev–Trinajstić information content (AvgIpc) is 2.92. The van der Waals surface area contributed by atoms with E-state index in [1.54, 1.807) is 12.1 Å². The van der Waals surface area contributed by atoms with E-state index in [0.717, 1.165) is 61.5 Å². The Balaban J connectivity index is 1.21. The predicted molar refractivity (Wildman–Crippen MR) is 156 cm³/mol. The fourth-order valence-electron chi connectivity index (χ4n) is 4.41. The summed E-state index contributed by atoms with van der Waals surface area (Å²) in [5.41, 5.74) is 2.94. The zero-order chi connectivity index (χ0) is 26.7. The monoisotopic (exact) mass is 579 g/mol. The van der Waals surface area contributed by atoms with Gasteiger partial charge in [-0.3, -0.25) is 15.0 Å². The number of ether oxygens (including phenoxy) is 2. The van der Waals surface area contributed by atoms with Crippen molar-refractivity contribution >= 4 is 33.8 Å². The van der Waals surface area contributed by atoms with Gasteiger partial charge in [0.2, 0.25) is 0 Å². The van der Waals surface area contributed by atoms with Crippen LogP contribution in [0, 0.1) is 17.0 Å². The van der Waals surface area contributed by atoms with Crippen LogP contribution in [0.4, 0.5) is 5.69 Å². The molecule has 1 aliphatic heterocycles. The Kier molecular flexibility index (Phi) is 10.3. The van der Waals surface area contributed by atoms with Crippen LogP contribution in [0.1, 0.15) is 23.1 Å². The van der Waals surface area contributed by atoms with Gasteiger partial charge in [-0.25, -0.2) is 0 Å². The van der Waals surface area contributed by atoms with Crippen molar-refractivity contribution in [3.8, 4) is 11.5 Å². The Labute approximate surface area is 232 Å². The van der Waals surface area contributed by atoms with Gasteiger partial charge in [-0.15, -0.1) is 0 Å². The second-order valence-corrected chi connectivity index (χ2v) is 10.2. The molecule has 3 aromatic rings. The minimum absolute atomic E-state index is 0.0475. The Bertz CT molecular complexity index is 1240. The summed E-state index contributed by atoms with van der Waals surface area (Å²) in [5.74, 6) is 1.58. The summed E-state index contributed by atoms with van der Waals surface area (Å²) in [6.45, 7) is 9.34. The molecule has 1 fully saturated rings. The fraction of sp³-hybridized carbons (Fsp3) is 0.333. The molecular formula is C30H34BrN3O4. The van der Waals surface area contributed by atoms with Crippen molar-refractivity contribution in [2.75, 3.05) is 52.5 Å². The normalized spacial score (nSPS) is 14.6. The first kappa shape index (κ1) is 27.8. The summed E-state index contributed by atoms with van der Waals surface area (Å²) in [6, 6.07) is 20.8. The SMILES string of the molecule is Cc1cccc(OCCN2CCN(CCCOc3ccc([N+](=O)[O-])cc3C=Cc3ccccc3Br)CC2)c1. The van der Waals surface area contributed by atoms with Crippen LogP contribution in [0.5, 0.6) is 11.5 Å². The van der Waals surface area contributed by atoms with Crippen molar-refractivity contribution in [3.05, 3.63) is 98.0 Å². The number of non-ortho nitro benzene ring substituents is 1. The highest BCUT2D eigenvalue weighted by Crippen LogP contribution is 2.27. The van der Waals surface area contributed by atoms with Gasteiger partial charge >= 0.3 is 0 Å². The molecule has 1 saturated heterocycles. The molecule has 0 spiro atoms. The third-order valence-electron chi connectivity index (χ3n) is 6.56. The van der Waals surface area contributed by atoms with Crippen LogP contribution in [-0.2, 0) is 0 Å². The number of hydrogen-bond donors (Lipinski definition) is 0. The van der Waals surface area contributed by atoms with E-state index in [4.69, 9.17) is 9.47 Å². The lowest BCUT2D eigenvalue weighted by Gasteiger charge is -2.34. The summed E-state index contributed by atoms with van der Waals surface area (Å²) in [7, 11) is 0. The number of nitro groups is 1. The number of nitro benzene ring substituents is 1. The number of aryl methyl sites for hydroxylation is 1. The number of halogens is 1. The highest BCUT2D eigenvalue weighted by atomic mass is 79.9. The van der Waals surface area contributed by atoms with E-state index in [1.165, 1.54) is 11.6 Å². The van der Waals surface area contributed by atoms with Gasteiger partial charge < -0.3 is 14.4 Å². The number of nitrogens with zero attached hydrogens (tertiary/aromatic N) is 3. The van der Waals surface area contributed by atoms with Crippen LogP contribution in [0.3, 0.4) is 0 Å². The molecule has 0 unspecified atom stereocenters. The van der Waals surface area contributed by atoms with Gasteiger partial charge in [-0.1, -0.05) is 58.4 Å². The van der Waals surface area contributed by atoms with Gasteiger partial charge in [0, 0.05) is 61.4 Å². The molecule has 0 bridgehead atoms. The van der Waals surface area contributed by atoms with Crippen LogP contribution in [0.15, 0.2) is 71.2 Å². The molecule has 200 valence electrons. The molecule has 8 heteroatoms. The maximum atomic E-state index is 11.3. The van der Waals surface area contributed by atoms with Crippen molar-refractivity contribution in [1.82, 2.24) is 9.80 Å². The second-order valence-electron chi connectivity index (χ2n) is 9.38. The molecule has 0 aliphatic carbocycles. The van der Waals surface area contributed by atoms with Gasteiger partial charge in [-0.05, 0) is 48.7 Å². The lowest BCUT2D eigenvalue weighted by atomic mass is 10.1. The number of piperazine rings is 1. The van der Waals surface area contributed by atoms with Gasteiger partial charge in [0.1, 0.15) is 18.1 Å². The third kappa shape index (κ3) is 8.41. The Morgan fingerprint density at radius 1 is 0.868 bits per heavy atom. The van der Waals surface area contributed by atoms with Crippen LogP contribution < -0.4 is 9.47 Å². The summed E-state index contributed by atoms with van der Waals surface area (Å²) in [6.07, 6.45) is 4.69. The maximum Gasteiger partial charge on any atom is 0.270 e. The molecule has 3 aromatic carbocycles. The second kappa shape index (κ2) is 14.1. The molecule has 1 aliphatic rings. The highest BCUT2D eigenvalue weighted by molar-refractivity contribution is 9.10. The van der Waals surface area contributed by atoms with E-state index >= 15 is 0 Å². The van der Waals surface area contributed by atoms with Crippen molar-refractivity contribution in [2.45, 2.75) is 13.3 Å². The zero-order valence-corrected chi connectivity index (χ0v) is 23.3. The Hall–Kier alpha value is -3.20. The van der Waals surface area contributed by atoms with Crippen LogP contribution in [-0.4, -0.2) is 67.2 Å². The number of rotatable bonds is 12. The summed E-state index contributed by atoms with van der Waals surface area (Å²) >= 11 is 3.54. The smallest absolute Gasteiger partial charge is 0.270 e. The molecular weight excluding hydrogens is 546 g/mol. The standard InChI is InChI=1S/C30H34BrN3O4/c1-24-6-4-8-28(22-24)37-21-19-33-17-15-32(16-18-33)14-5-20-38-30-13-12-27(34(35)36)23-26(30)11-10-25-7-2-3-9-29(25)31/h2-4,6-13,22-23H,5,14-21H2,1H3. The predicted octanol–water partition coefficient (Wildman–Crippen LogP) is 6.30. The van der Waals surface area contributed by atoms with Gasteiger partial charge in [0.05, 0.1) is 11.5 Å². The quantitative estimate of drug-likeness (QED) is 0.108. The number of benzene rings is 3. The van der Waals surface area contributed by atoms with Crippen LogP contribution in [0.25, 0.3) is 12.2 Å². The van der Waals surface area contributed by atoms with Crippen LogP contribution >= 0.6 is 15.9 Å². The highest BCUT2D eigenvalue weighted by Gasteiger charge is 2.16. The van der Waals surface area contributed by atoms with E-state index in [-0.39, 0.29) is 10.6 Å². The molecule has 0 N–H and O–H groups in total. The topological polar surface area (TPSA) is 68.1 Å². The Morgan fingerprint density at radius 3 is 2.34 bits per heavy atom. The van der Waals surface area contributed by atoms with Crippen molar-refractivity contribution in [1.29, 1.82) is 0 Å². The van der Waals surface area contributed by atoms with E-state index in [1.807, 2.05) is 48.6 Å². The lowest BCUT2D eigenvalue weighted by Crippen LogP contribution is -2.47. The lowest BCUT2D eigenvalue weighted by molar-refractivity contribution is -0.384. The molecule has 0 saturated carbocycles. The molecule has 1 heterocycles.